The van der Waals surface area contributed by atoms with Gasteiger partial charge in [0.1, 0.15) is 0 Å². The van der Waals surface area contributed by atoms with E-state index in [9.17, 15) is 0 Å². The molecule has 0 bridgehead atoms. The Bertz CT molecular complexity index is 284. The Morgan fingerprint density at radius 1 is 1.36 bits per heavy atom. The van der Waals surface area contributed by atoms with Gasteiger partial charge in [0.05, 0.1) is 0 Å². The second-order valence-corrected chi connectivity index (χ2v) is 4.13. The summed E-state index contributed by atoms with van der Waals surface area (Å²) in [5.74, 6) is 0. The summed E-state index contributed by atoms with van der Waals surface area (Å²) >= 11 is 0. The Morgan fingerprint density at radius 3 is 2.64 bits per heavy atom. The quantitative estimate of drug-likeness (QED) is 0.770. The summed E-state index contributed by atoms with van der Waals surface area (Å²) in [6.45, 7) is 1.19. The number of nitrogens with two attached hydrogens (primary N) is 1. The van der Waals surface area contributed by atoms with E-state index in [1.54, 1.807) is 0 Å². The van der Waals surface area contributed by atoms with Crippen LogP contribution in [0.25, 0.3) is 0 Å². The van der Waals surface area contributed by atoms with Crippen molar-refractivity contribution in [1.29, 1.82) is 0 Å². The van der Waals surface area contributed by atoms with E-state index in [0.29, 0.717) is 6.04 Å². The average molecular weight is 190 g/mol. The molecule has 1 saturated heterocycles. The minimum absolute atomic E-state index is 0.170. The van der Waals surface area contributed by atoms with Crippen LogP contribution in [0.2, 0.25) is 0 Å². The molecular formula is C12H18N2. The number of benzene rings is 1. The van der Waals surface area contributed by atoms with E-state index in [4.69, 9.17) is 5.73 Å². The average Bonchev–Trinajstić information content (AvgIpc) is 2.65. The summed E-state index contributed by atoms with van der Waals surface area (Å²) in [5, 5.41) is 0. The van der Waals surface area contributed by atoms with Crippen molar-refractivity contribution in [3.05, 3.63) is 35.9 Å². The summed E-state index contributed by atoms with van der Waals surface area (Å²) in [6.07, 6.45) is 2.51. The smallest absolute Gasteiger partial charge is 0.0452 e. The summed E-state index contributed by atoms with van der Waals surface area (Å²) < 4.78 is 0. The molecule has 0 saturated carbocycles. The van der Waals surface area contributed by atoms with Crippen molar-refractivity contribution < 1.29 is 0 Å². The Labute approximate surface area is 85.7 Å². The first-order valence-electron chi connectivity index (χ1n) is 5.30. The number of rotatable bonds is 2. The molecule has 1 aromatic carbocycles. The zero-order chi connectivity index (χ0) is 9.97. The highest BCUT2D eigenvalue weighted by Gasteiger charge is 2.27. The predicted octanol–water partition coefficient (Wildman–Crippen LogP) is 1.78. The van der Waals surface area contributed by atoms with E-state index >= 15 is 0 Å². The first-order valence-corrected chi connectivity index (χ1v) is 5.30. The van der Waals surface area contributed by atoms with E-state index in [2.05, 4.69) is 36.2 Å². The van der Waals surface area contributed by atoms with Crippen molar-refractivity contribution in [1.82, 2.24) is 4.90 Å². The van der Waals surface area contributed by atoms with Crippen LogP contribution in [0, 0.1) is 0 Å². The standard InChI is InChI=1S/C12H18N2/c1-14-9-5-8-11(14)12(13)10-6-3-2-4-7-10/h2-4,6-7,11-12H,5,8-9,13H2,1H3/t11?,12-/m0/s1. The first kappa shape index (κ1) is 9.69. The Kier molecular flexibility index (Phi) is 2.85. The highest BCUT2D eigenvalue weighted by Crippen LogP contribution is 2.25. The lowest BCUT2D eigenvalue weighted by Crippen LogP contribution is -2.35. The third kappa shape index (κ3) is 1.81. The molecule has 1 aromatic rings. The topological polar surface area (TPSA) is 29.3 Å². The SMILES string of the molecule is CN1CCCC1[C@@H](N)c1ccccc1. The van der Waals surface area contributed by atoms with Gasteiger partial charge in [0.2, 0.25) is 0 Å². The molecule has 2 atom stereocenters. The maximum Gasteiger partial charge on any atom is 0.0452 e. The fourth-order valence-corrected chi connectivity index (χ4v) is 2.29. The number of likely N-dealkylation sites (tertiary alicyclic amines) is 1. The lowest BCUT2D eigenvalue weighted by atomic mass is 9.99. The largest absolute Gasteiger partial charge is 0.323 e. The molecule has 2 heteroatoms. The fourth-order valence-electron chi connectivity index (χ4n) is 2.29. The van der Waals surface area contributed by atoms with Gasteiger partial charge >= 0.3 is 0 Å². The predicted molar refractivity (Wildman–Crippen MR) is 59.0 cm³/mol. The summed E-state index contributed by atoms with van der Waals surface area (Å²) in [7, 11) is 2.17. The molecule has 0 spiro atoms. The molecule has 0 amide bonds. The molecule has 2 rings (SSSR count). The molecule has 0 radical (unpaired) electrons. The molecule has 2 N–H and O–H groups in total. The van der Waals surface area contributed by atoms with Crippen molar-refractivity contribution in [3.63, 3.8) is 0 Å². The minimum Gasteiger partial charge on any atom is -0.323 e. The van der Waals surface area contributed by atoms with E-state index in [1.807, 2.05) is 6.07 Å². The Balaban J connectivity index is 2.12. The normalized spacial score (nSPS) is 25.1. The number of nitrogens with zero attached hydrogens (tertiary/aromatic N) is 1. The van der Waals surface area contributed by atoms with Gasteiger partial charge in [-0.25, -0.2) is 0 Å². The molecule has 1 aliphatic heterocycles. The highest BCUT2D eigenvalue weighted by atomic mass is 15.2. The van der Waals surface area contributed by atoms with Gasteiger partial charge in [-0.3, -0.25) is 0 Å². The maximum absolute atomic E-state index is 6.25. The summed E-state index contributed by atoms with van der Waals surface area (Å²) in [5.41, 5.74) is 7.50. The van der Waals surface area contributed by atoms with Crippen LogP contribution in [0.4, 0.5) is 0 Å². The lowest BCUT2D eigenvalue weighted by molar-refractivity contribution is 0.273. The van der Waals surface area contributed by atoms with Crippen LogP contribution < -0.4 is 5.73 Å². The number of likely N-dealkylation sites (N-methyl/N-ethyl adjacent to an activating group) is 1. The van der Waals surface area contributed by atoms with Gasteiger partial charge in [0.25, 0.3) is 0 Å². The van der Waals surface area contributed by atoms with Crippen molar-refractivity contribution in [2.24, 2.45) is 5.73 Å². The van der Waals surface area contributed by atoms with Crippen LogP contribution >= 0.6 is 0 Å². The van der Waals surface area contributed by atoms with Crippen LogP contribution in [-0.4, -0.2) is 24.5 Å². The van der Waals surface area contributed by atoms with Crippen LogP contribution in [-0.2, 0) is 0 Å². The molecule has 1 heterocycles. The monoisotopic (exact) mass is 190 g/mol. The molecule has 1 fully saturated rings. The van der Waals surface area contributed by atoms with Gasteiger partial charge in [0.15, 0.2) is 0 Å². The zero-order valence-electron chi connectivity index (χ0n) is 8.69. The van der Waals surface area contributed by atoms with Gasteiger partial charge in [-0.2, -0.15) is 0 Å². The minimum atomic E-state index is 0.170. The third-order valence-electron chi connectivity index (χ3n) is 3.18. The van der Waals surface area contributed by atoms with Crippen LogP contribution in [0.5, 0.6) is 0 Å². The Hall–Kier alpha value is -0.860. The van der Waals surface area contributed by atoms with Crippen molar-refractivity contribution >= 4 is 0 Å². The summed E-state index contributed by atoms with van der Waals surface area (Å²) in [4.78, 5) is 2.37. The van der Waals surface area contributed by atoms with Gasteiger partial charge in [0, 0.05) is 12.1 Å². The highest BCUT2D eigenvalue weighted by molar-refractivity contribution is 5.20. The molecule has 76 valence electrons. The molecule has 1 aliphatic rings. The van der Waals surface area contributed by atoms with Gasteiger partial charge in [-0.1, -0.05) is 30.3 Å². The third-order valence-corrected chi connectivity index (χ3v) is 3.18. The van der Waals surface area contributed by atoms with Crippen molar-refractivity contribution in [2.45, 2.75) is 24.9 Å². The van der Waals surface area contributed by atoms with Crippen molar-refractivity contribution in [3.8, 4) is 0 Å². The molecule has 0 aliphatic carbocycles. The van der Waals surface area contributed by atoms with Crippen LogP contribution in [0.3, 0.4) is 0 Å². The van der Waals surface area contributed by atoms with E-state index in [-0.39, 0.29) is 6.04 Å². The summed E-state index contributed by atoms with van der Waals surface area (Å²) in [6, 6.07) is 11.1. The second-order valence-electron chi connectivity index (χ2n) is 4.13. The second kappa shape index (κ2) is 4.11. The van der Waals surface area contributed by atoms with Crippen molar-refractivity contribution in [2.75, 3.05) is 13.6 Å². The van der Waals surface area contributed by atoms with Crippen LogP contribution in [0.15, 0.2) is 30.3 Å². The van der Waals surface area contributed by atoms with E-state index in [0.717, 1.165) is 0 Å². The molecular weight excluding hydrogens is 172 g/mol. The van der Waals surface area contributed by atoms with Gasteiger partial charge in [-0.15, -0.1) is 0 Å². The molecule has 14 heavy (non-hydrogen) atoms. The first-order chi connectivity index (χ1) is 6.79. The molecule has 2 nitrogen and oxygen atoms in total. The van der Waals surface area contributed by atoms with E-state index in [1.165, 1.54) is 24.9 Å². The zero-order valence-corrected chi connectivity index (χ0v) is 8.69. The molecule has 1 unspecified atom stereocenters. The number of hydrogen-bond donors (Lipinski definition) is 1. The fraction of sp³-hybridized carbons (Fsp3) is 0.500. The number of hydrogen-bond acceptors (Lipinski definition) is 2. The Morgan fingerprint density at radius 2 is 2.07 bits per heavy atom. The van der Waals surface area contributed by atoms with E-state index < -0.39 is 0 Å². The van der Waals surface area contributed by atoms with Crippen LogP contribution in [0.1, 0.15) is 24.4 Å². The maximum atomic E-state index is 6.25. The van der Waals surface area contributed by atoms with Gasteiger partial charge in [-0.05, 0) is 32.0 Å². The lowest BCUT2D eigenvalue weighted by Gasteiger charge is -2.26. The van der Waals surface area contributed by atoms with Gasteiger partial charge < -0.3 is 10.6 Å². The molecule has 0 aromatic heterocycles.